The summed E-state index contributed by atoms with van der Waals surface area (Å²) in [6.45, 7) is 5.30. The summed E-state index contributed by atoms with van der Waals surface area (Å²) in [5.41, 5.74) is 1.16. The third kappa shape index (κ3) is 3.14. The van der Waals surface area contributed by atoms with E-state index >= 15 is 0 Å². The van der Waals surface area contributed by atoms with Gasteiger partial charge in [-0.25, -0.2) is 0 Å². The first-order valence-corrected chi connectivity index (χ1v) is 7.53. The molecule has 1 heterocycles. The van der Waals surface area contributed by atoms with E-state index in [1.54, 1.807) is 0 Å². The van der Waals surface area contributed by atoms with Crippen molar-refractivity contribution >= 4 is 17.9 Å². The Morgan fingerprint density at radius 2 is 2.05 bits per heavy atom. The van der Waals surface area contributed by atoms with E-state index < -0.39 is 0 Å². The Labute approximate surface area is 121 Å². The molecule has 1 amide bonds. The zero-order valence-corrected chi connectivity index (χ0v) is 12.7. The summed E-state index contributed by atoms with van der Waals surface area (Å²) in [7, 11) is 0. The third-order valence-electron chi connectivity index (χ3n) is 4.58. The minimum atomic E-state index is -0.128. The molecule has 0 spiro atoms. The van der Waals surface area contributed by atoms with Crippen molar-refractivity contribution in [1.82, 2.24) is 4.90 Å². The molecule has 1 aliphatic heterocycles. The maximum Gasteiger partial charge on any atom is 0.279 e. The van der Waals surface area contributed by atoms with E-state index in [0.717, 1.165) is 19.4 Å². The zero-order chi connectivity index (χ0) is 13.9. The van der Waals surface area contributed by atoms with Crippen molar-refractivity contribution in [3.63, 3.8) is 0 Å². The van der Waals surface area contributed by atoms with Crippen LogP contribution in [0.5, 0.6) is 0 Å². The van der Waals surface area contributed by atoms with E-state index in [-0.39, 0.29) is 10.8 Å². The van der Waals surface area contributed by atoms with Crippen molar-refractivity contribution in [3.05, 3.63) is 35.9 Å². The van der Waals surface area contributed by atoms with Crippen molar-refractivity contribution < 1.29 is 4.79 Å². The summed E-state index contributed by atoms with van der Waals surface area (Å²) in [6, 6.07) is 10.4. The van der Waals surface area contributed by atoms with Crippen molar-refractivity contribution in [3.8, 4) is 0 Å². The highest BCUT2D eigenvalue weighted by molar-refractivity contribution is 7.96. The van der Waals surface area contributed by atoms with Gasteiger partial charge in [0.15, 0.2) is 0 Å². The molecule has 2 nitrogen and oxygen atoms in total. The van der Waals surface area contributed by atoms with Crippen LogP contribution in [0.2, 0.25) is 0 Å². The van der Waals surface area contributed by atoms with E-state index in [4.69, 9.17) is 0 Å². The number of hydrogen-bond acceptors (Lipinski definition) is 1. The summed E-state index contributed by atoms with van der Waals surface area (Å²) < 4.78 is 0. The number of nitrogens with zero attached hydrogens (tertiary/aromatic N) is 1. The van der Waals surface area contributed by atoms with E-state index in [1.807, 2.05) is 11.0 Å². The van der Waals surface area contributed by atoms with Crippen molar-refractivity contribution in [1.29, 1.82) is 0 Å². The van der Waals surface area contributed by atoms with Crippen LogP contribution in [0, 0.1) is 5.92 Å². The highest BCUT2D eigenvalue weighted by Crippen LogP contribution is 2.36. The van der Waals surface area contributed by atoms with Crippen LogP contribution in [0.25, 0.3) is 0 Å². The maximum absolute atomic E-state index is 11.9. The van der Waals surface area contributed by atoms with Gasteiger partial charge in [0.1, 0.15) is 0 Å². The molecule has 1 saturated heterocycles. The first-order chi connectivity index (χ1) is 9.04. The number of likely N-dealkylation sites (tertiary alicyclic amines) is 1. The topological polar surface area (TPSA) is 20.3 Å². The van der Waals surface area contributed by atoms with Gasteiger partial charge in [0.2, 0.25) is 0 Å². The Hall–Kier alpha value is -0.960. The molecule has 0 aliphatic carbocycles. The predicted octanol–water partition coefficient (Wildman–Crippen LogP) is 4.16. The van der Waals surface area contributed by atoms with Crippen LogP contribution in [0.1, 0.15) is 38.7 Å². The molecule has 2 unspecified atom stereocenters. The summed E-state index contributed by atoms with van der Waals surface area (Å²) in [6.07, 6.45) is 4.37. The van der Waals surface area contributed by atoms with E-state index in [0.29, 0.717) is 5.92 Å². The van der Waals surface area contributed by atoms with Crippen LogP contribution in [0.3, 0.4) is 0 Å². The Morgan fingerprint density at radius 3 is 2.68 bits per heavy atom. The standard InChI is InChI=1S/C16H23NOS/c1-13-8-6-7-11-17(15(18)19)16(13,2)12-14-9-4-3-5-10-14/h3-5,9-10,13H,6-8,11-12H2,1-2H3,(H,18,19). The number of hydrogen-bond donors (Lipinski definition) is 1. The third-order valence-corrected chi connectivity index (χ3v) is 4.82. The monoisotopic (exact) mass is 277 g/mol. The average molecular weight is 277 g/mol. The molecule has 0 saturated carbocycles. The molecule has 2 atom stereocenters. The van der Waals surface area contributed by atoms with Crippen molar-refractivity contribution in [2.24, 2.45) is 5.92 Å². The second-order valence-electron chi connectivity index (χ2n) is 5.85. The summed E-state index contributed by atoms with van der Waals surface area (Å²) >= 11 is 4.10. The molecular weight excluding hydrogens is 254 g/mol. The summed E-state index contributed by atoms with van der Waals surface area (Å²) in [5, 5.41) is -0.0906. The number of rotatable bonds is 2. The Morgan fingerprint density at radius 1 is 1.37 bits per heavy atom. The van der Waals surface area contributed by atoms with Crippen molar-refractivity contribution in [2.75, 3.05) is 6.54 Å². The van der Waals surface area contributed by atoms with Crippen LogP contribution in [0.15, 0.2) is 30.3 Å². The number of benzene rings is 1. The first-order valence-electron chi connectivity index (χ1n) is 7.08. The van der Waals surface area contributed by atoms with Gasteiger partial charge in [-0.2, -0.15) is 0 Å². The lowest BCUT2D eigenvalue weighted by Gasteiger charge is -2.43. The quantitative estimate of drug-likeness (QED) is 0.805. The largest absolute Gasteiger partial charge is 0.328 e. The lowest BCUT2D eigenvalue weighted by atomic mass is 9.79. The minimum absolute atomic E-state index is 0.0906. The Balaban J connectivity index is 2.30. The number of carbonyl (C=O) groups is 1. The highest BCUT2D eigenvalue weighted by Gasteiger charge is 2.40. The smallest absolute Gasteiger partial charge is 0.279 e. The van der Waals surface area contributed by atoms with Gasteiger partial charge in [0.25, 0.3) is 5.24 Å². The van der Waals surface area contributed by atoms with Crippen LogP contribution in [0.4, 0.5) is 4.79 Å². The van der Waals surface area contributed by atoms with Gasteiger partial charge in [-0.3, -0.25) is 4.79 Å². The van der Waals surface area contributed by atoms with Crippen LogP contribution >= 0.6 is 12.6 Å². The Bertz CT molecular complexity index is 434. The highest BCUT2D eigenvalue weighted by atomic mass is 32.1. The molecule has 1 aromatic carbocycles. The first kappa shape index (κ1) is 14.4. The van der Waals surface area contributed by atoms with Crippen LogP contribution in [-0.4, -0.2) is 22.2 Å². The molecule has 1 fully saturated rings. The van der Waals surface area contributed by atoms with Gasteiger partial charge in [0.05, 0.1) is 0 Å². The van der Waals surface area contributed by atoms with Gasteiger partial charge < -0.3 is 4.90 Å². The maximum atomic E-state index is 11.9. The zero-order valence-electron chi connectivity index (χ0n) is 11.8. The van der Waals surface area contributed by atoms with Gasteiger partial charge in [0, 0.05) is 12.1 Å². The minimum Gasteiger partial charge on any atom is -0.328 e. The number of amides is 1. The van der Waals surface area contributed by atoms with E-state index in [1.165, 1.54) is 18.4 Å². The molecule has 2 rings (SSSR count). The predicted molar refractivity (Wildman–Crippen MR) is 82.7 cm³/mol. The molecule has 104 valence electrons. The molecule has 0 radical (unpaired) electrons. The molecule has 19 heavy (non-hydrogen) atoms. The number of thiol groups is 1. The molecular formula is C16H23NOS. The fourth-order valence-corrected chi connectivity index (χ4v) is 3.47. The lowest BCUT2D eigenvalue weighted by molar-refractivity contribution is 0.106. The lowest BCUT2D eigenvalue weighted by Crippen LogP contribution is -2.53. The Kier molecular flexibility index (Phi) is 4.56. The average Bonchev–Trinajstić information content (AvgIpc) is 2.51. The molecule has 0 bridgehead atoms. The number of carbonyl (C=O) groups excluding carboxylic acids is 1. The van der Waals surface area contributed by atoms with Gasteiger partial charge >= 0.3 is 0 Å². The van der Waals surface area contributed by atoms with Gasteiger partial charge in [-0.05, 0) is 37.7 Å². The van der Waals surface area contributed by atoms with Crippen LogP contribution in [-0.2, 0) is 6.42 Å². The summed E-state index contributed by atoms with van der Waals surface area (Å²) in [4.78, 5) is 13.9. The summed E-state index contributed by atoms with van der Waals surface area (Å²) in [5.74, 6) is 0.492. The van der Waals surface area contributed by atoms with Crippen molar-refractivity contribution in [2.45, 2.75) is 45.1 Å². The van der Waals surface area contributed by atoms with Gasteiger partial charge in [-0.15, -0.1) is 0 Å². The van der Waals surface area contributed by atoms with E-state index in [2.05, 4.69) is 50.7 Å². The molecule has 0 N–H and O–H groups in total. The molecule has 0 aromatic heterocycles. The second-order valence-corrected chi connectivity index (χ2v) is 6.23. The van der Waals surface area contributed by atoms with E-state index in [9.17, 15) is 4.79 Å². The van der Waals surface area contributed by atoms with Gasteiger partial charge in [-0.1, -0.05) is 56.3 Å². The fourth-order valence-electron chi connectivity index (χ4n) is 3.15. The molecule has 1 aromatic rings. The fraction of sp³-hybridized carbons (Fsp3) is 0.562. The van der Waals surface area contributed by atoms with Crippen LogP contribution < -0.4 is 0 Å². The second kappa shape index (κ2) is 6.00. The molecule has 1 aliphatic rings. The SMILES string of the molecule is CC1CCCCN(C(=O)S)C1(C)Cc1ccccc1. The molecule has 3 heteroatoms. The normalized spacial score (nSPS) is 27.9.